The zero-order valence-electron chi connectivity index (χ0n) is 16.2. The molecule has 2 aromatic heterocycles. The molecule has 2 heterocycles. The number of hydrogen-bond acceptors (Lipinski definition) is 4. The van der Waals surface area contributed by atoms with E-state index < -0.39 is 0 Å². The largest absolute Gasteiger partial charge is 0.309 e. The highest BCUT2D eigenvalue weighted by Crippen LogP contribution is 2.36. The Bertz CT molecular complexity index is 1070. The van der Waals surface area contributed by atoms with Crippen molar-refractivity contribution in [3.63, 3.8) is 0 Å². The van der Waals surface area contributed by atoms with E-state index in [9.17, 15) is 9.18 Å². The Balaban J connectivity index is 1.66. The van der Waals surface area contributed by atoms with E-state index in [1.54, 1.807) is 23.5 Å². The summed E-state index contributed by atoms with van der Waals surface area (Å²) in [4.78, 5) is 24.6. The number of halogens is 2. The Labute approximate surface area is 172 Å². The Hall–Kier alpha value is -1.76. The summed E-state index contributed by atoms with van der Waals surface area (Å²) in [5, 5.41) is 1.15. The third-order valence-corrected chi connectivity index (χ3v) is 7.21. The van der Waals surface area contributed by atoms with E-state index in [1.165, 1.54) is 16.5 Å². The average Bonchev–Trinajstić information content (AvgIpc) is 3.01. The van der Waals surface area contributed by atoms with Crippen molar-refractivity contribution >= 4 is 33.2 Å². The zero-order chi connectivity index (χ0) is 20.0. The van der Waals surface area contributed by atoms with Gasteiger partial charge in [0.05, 0.1) is 11.4 Å². The molecular weight excluding hydrogens is 397 g/mol. The third kappa shape index (κ3) is 3.49. The molecule has 4 nitrogen and oxygen atoms in total. The number of hydrogen-bond donors (Lipinski definition) is 1. The standard InChI is InChI=1S/C21H23ClFN3OS/c1-11-7-8-13-17(9-11)28-21-18(13)20(27)24-19(25-21)12(2)26(3)10-14-15(22)5-4-6-16(14)23/h4-6,11-12H,7-10H2,1-3H3,(H,24,25,27)/t11-,12-/m1/s1. The average molecular weight is 420 g/mol. The monoisotopic (exact) mass is 419 g/mol. The predicted octanol–water partition coefficient (Wildman–Crippen LogP) is 5.09. The van der Waals surface area contributed by atoms with Gasteiger partial charge < -0.3 is 4.98 Å². The van der Waals surface area contributed by atoms with Crippen molar-refractivity contribution in [2.24, 2.45) is 5.92 Å². The molecule has 0 saturated carbocycles. The van der Waals surface area contributed by atoms with Crippen molar-refractivity contribution in [1.29, 1.82) is 0 Å². The van der Waals surface area contributed by atoms with E-state index in [4.69, 9.17) is 16.6 Å². The molecule has 0 spiro atoms. The van der Waals surface area contributed by atoms with Crippen molar-refractivity contribution < 1.29 is 4.39 Å². The Morgan fingerprint density at radius 1 is 1.46 bits per heavy atom. The van der Waals surface area contributed by atoms with Gasteiger partial charge in [-0.1, -0.05) is 24.6 Å². The van der Waals surface area contributed by atoms with Crippen molar-refractivity contribution in [3.05, 3.63) is 61.2 Å². The molecule has 0 radical (unpaired) electrons. The zero-order valence-corrected chi connectivity index (χ0v) is 17.8. The van der Waals surface area contributed by atoms with Gasteiger partial charge >= 0.3 is 0 Å². The van der Waals surface area contributed by atoms with Crippen molar-refractivity contribution in [3.8, 4) is 0 Å². The van der Waals surface area contributed by atoms with Crippen LogP contribution in [0.5, 0.6) is 0 Å². The number of aryl methyl sites for hydroxylation is 1. The number of nitrogens with one attached hydrogen (secondary N) is 1. The number of thiophene rings is 1. The number of H-pyrrole nitrogens is 1. The molecular formula is C21H23ClFN3OS. The van der Waals surface area contributed by atoms with E-state index >= 15 is 0 Å². The van der Waals surface area contributed by atoms with Gasteiger partial charge in [0.15, 0.2) is 0 Å². The predicted molar refractivity (Wildman–Crippen MR) is 113 cm³/mol. The summed E-state index contributed by atoms with van der Waals surface area (Å²) in [6, 6.07) is 4.49. The molecule has 148 valence electrons. The molecule has 0 saturated heterocycles. The molecule has 1 aliphatic rings. The molecule has 0 unspecified atom stereocenters. The van der Waals surface area contributed by atoms with Gasteiger partial charge in [0.2, 0.25) is 0 Å². The first-order valence-corrected chi connectivity index (χ1v) is 10.7. The van der Waals surface area contributed by atoms with E-state index in [0.29, 0.717) is 28.9 Å². The summed E-state index contributed by atoms with van der Waals surface area (Å²) < 4.78 is 14.1. The maximum absolute atomic E-state index is 14.1. The van der Waals surface area contributed by atoms with Gasteiger partial charge in [0.1, 0.15) is 16.5 Å². The molecule has 2 atom stereocenters. The highest BCUT2D eigenvalue weighted by Gasteiger charge is 2.24. The normalized spacial score (nSPS) is 17.9. The van der Waals surface area contributed by atoms with Crippen molar-refractivity contribution in [2.45, 2.75) is 45.7 Å². The lowest BCUT2D eigenvalue weighted by Crippen LogP contribution is -2.26. The fourth-order valence-electron chi connectivity index (χ4n) is 3.84. The minimum atomic E-state index is -0.330. The van der Waals surface area contributed by atoms with Crippen LogP contribution in [0.15, 0.2) is 23.0 Å². The molecule has 3 aromatic rings. The molecule has 1 N–H and O–H groups in total. The van der Waals surface area contributed by atoms with Crippen LogP contribution >= 0.6 is 22.9 Å². The number of fused-ring (bicyclic) bond motifs is 3. The van der Waals surface area contributed by atoms with E-state index in [2.05, 4.69) is 11.9 Å². The van der Waals surface area contributed by atoms with Gasteiger partial charge in [-0.05, 0) is 56.8 Å². The number of rotatable bonds is 4. The Kier molecular flexibility index (Phi) is 5.29. The smallest absolute Gasteiger partial charge is 0.259 e. The summed E-state index contributed by atoms with van der Waals surface area (Å²) in [6.45, 7) is 4.53. The Morgan fingerprint density at radius 2 is 2.25 bits per heavy atom. The van der Waals surface area contributed by atoms with Gasteiger partial charge in [-0.2, -0.15) is 0 Å². The molecule has 28 heavy (non-hydrogen) atoms. The number of nitrogens with zero attached hydrogens (tertiary/aromatic N) is 2. The molecule has 1 aliphatic carbocycles. The fraction of sp³-hybridized carbons (Fsp3) is 0.429. The molecule has 7 heteroatoms. The number of aromatic amines is 1. The van der Waals surface area contributed by atoms with Crippen molar-refractivity contribution in [2.75, 3.05) is 7.05 Å². The molecule has 1 aromatic carbocycles. The van der Waals surface area contributed by atoms with Crippen LogP contribution in [0.4, 0.5) is 4.39 Å². The van der Waals surface area contributed by atoms with E-state index in [0.717, 1.165) is 29.5 Å². The van der Waals surface area contributed by atoms with E-state index in [-0.39, 0.29) is 17.4 Å². The lowest BCUT2D eigenvalue weighted by atomic mass is 9.89. The lowest BCUT2D eigenvalue weighted by Gasteiger charge is -2.24. The summed E-state index contributed by atoms with van der Waals surface area (Å²) in [5.74, 6) is 0.914. The fourth-order valence-corrected chi connectivity index (χ4v) is 5.46. The van der Waals surface area contributed by atoms with E-state index in [1.807, 2.05) is 18.9 Å². The van der Waals surface area contributed by atoms with Gasteiger partial charge in [-0.15, -0.1) is 11.3 Å². The van der Waals surface area contributed by atoms with Crippen LogP contribution in [0.3, 0.4) is 0 Å². The van der Waals surface area contributed by atoms with Crippen LogP contribution in [-0.2, 0) is 19.4 Å². The number of benzene rings is 1. The van der Waals surface area contributed by atoms with Gasteiger partial charge in [0.25, 0.3) is 5.56 Å². The first-order chi connectivity index (χ1) is 13.3. The first-order valence-electron chi connectivity index (χ1n) is 9.52. The number of aromatic nitrogens is 2. The minimum absolute atomic E-state index is 0.0729. The van der Waals surface area contributed by atoms with Gasteiger partial charge in [-0.3, -0.25) is 9.69 Å². The second-order valence-electron chi connectivity index (χ2n) is 7.77. The maximum atomic E-state index is 14.1. The highest BCUT2D eigenvalue weighted by molar-refractivity contribution is 7.18. The second kappa shape index (κ2) is 7.58. The van der Waals surface area contributed by atoms with Crippen LogP contribution in [0.2, 0.25) is 5.02 Å². The van der Waals surface area contributed by atoms with Crippen LogP contribution in [-0.4, -0.2) is 21.9 Å². The molecule has 0 bridgehead atoms. The SMILES string of the molecule is C[C@@H]1CCc2c(sc3nc([C@@H](C)N(C)Cc4c(F)cccc4Cl)[nH]c(=O)c23)C1. The maximum Gasteiger partial charge on any atom is 0.259 e. The van der Waals surface area contributed by atoms with Crippen LogP contribution in [0, 0.1) is 11.7 Å². The summed E-state index contributed by atoms with van der Waals surface area (Å²) in [7, 11) is 1.87. The third-order valence-electron chi connectivity index (χ3n) is 5.71. The van der Waals surface area contributed by atoms with Crippen LogP contribution in [0.25, 0.3) is 10.2 Å². The molecule has 0 fully saturated rings. The van der Waals surface area contributed by atoms with Crippen LogP contribution in [0.1, 0.15) is 48.1 Å². The first kappa shape index (κ1) is 19.6. The molecule has 0 aliphatic heterocycles. The second-order valence-corrected chi connectivity index (χ2v) is 9.27. The summed E-state index contributed by atoms with van der Waals surface area (Å²) in [5.41, 5.74) is 1.55. The summed E-state index contributed by atoms with van der Waals surface area (Å²) >= 11 is 7.80. The summed E-state index contributed by atoms with van der Waals surface area (Å²) in [6.07, 6.45) is 3.08. The topological polar surface area (TPSA) is 49.0 Å². The lowest BCUT2D eigenvalue weighted by molar-refractivity contribution is 0.241. The van der Waals surface area contributed by atoms with Crippen LogP contribution < -0.4 is 5.56 Å². The van der Waals surface area contributed by atoms with Gasteiger partial charge in [0, 0.05) is 22.0 Å². The minimum Gasteiger partial charge on any atom is -0.309 e. The van der Waals surface area contributed by atoms with Crippen molar-refractivity contribution in [1.82, 2.24) is 14.9 Å². The molecule has 0 amide bonds. The highest BCUT2D eigenvalue weighted by atomic mass is 35.5. The quantitative estimate of drug-likeness (QED) is 0.640. The molecule has 4 rings (SSSR count). The Morgan fingerprint density at radius 3 is 3.00 bits per heavy atom. The van der Waals surface area contributed by atoms with Gasteiger partial charge in [-0.25, -0.2) is 9.37 Å².